The summed E-state index contributed by atoms with van der Waals surface area (Å²) in [5, 5.41) is 12.7. The molecule has 0 spiro atoms. The van der Waals surface area contributed by atoms with Gasteiger partial charge in [-0.05, 0) is 30.5 Å². The number of amides is 1. The SMILES string of the molecule is CCC(CC)(CO)CNC(=O)/C=C/c1ccc(Cl)nc1. The minimum atomic E-state index is -0.231. The third-order valence-corrected chi connectivity index (χ3v) is 3.87. The maximum atomic E-state index is 11.8. The minimum Gasteiger partial charge on any atom is -0.396 e. The molecule has 0 radical (unpaired) electrons. The number of nitrogens with one attached hydrogen (secondary N) is 1. The molecule has 0 aliphatic heterocycles. The third-order valence-electron chi connectivity index (χ3n) is 3.65. The number of hydrogen-bond donors (Lipinski definition) is 2. The van der Waals surface area contributed by atoms with E-state index in [0.29, 0.717) is 11.7 Å². The predicted octanol–water partition coefficient (Wildman–Crippen LogP) is 2.66. The number of aromatic nitrogens is 1. The van der Waals surface area contributed by atoms with E-state index in [0.717, 1.165) is 18.4 Å². The van der Waals surface area contributed by atoms with Crippen molar-refractivity contribution in [3.05, 3.63) is 35.1 Å². The van der Waals surface area contributed by atoms with Gasteiger partial charge in [0.1, 0.15) is 5.15 Å². The van der Waals surface area contributed by atoms with E-state index in [1.807, 2.05) is 13.8 Å². The molecule has 0 saturated carbocycles. The van der Waals surface area contributed by atoms with Gasteiger partial charge in [0.2, 0.25) is 5.91 Å². The summed E-state index contributed by atoms with van der Waals surface area (Å²) in [6, 6.07) is 3.46. The Kier molecular flexibility index (Phi) is 6.68. The van der Waals surface area contributed by atoms with Gasteiger partial charge < -0.3 is 10.4 Å². The molecule has 20 heavy (non-hydrogen) atoms. The molecule has 0 saturated heterocycles. The molecule has 1 rings (SSSR count). The molecule has 0 aromatic carbocycles. The number of carbonyl (C=O) groups is 1. The van der Waals surface area contributed by atoms with Crippen molar-refractivity contribution < 1.29 is 9.90 Å². The van der Waals surface area contributed by atoms with Crippen LogP contribution in [0, 0.1) is 5.41 Å². The van der Waals surface area contributed by atoms with Crippen molar-refractivity contribution in [3.63, 3.8) is 0 Å². The van der Waals surface area contributed by atoms with Crippen LogP contribution in [0.2, 0.25) is 5.15 Å². The summed E-state index contributed by atoms with van der Waals surface area (Å²) in [5.74, 6) is -0.181. The van der Waals surface area contributed by atoms with Gasteiger partial charge in [0.05, 0.1) is 6.61 Å². The lowest BCUT2D eigenvalue weighted by Crippen LogP contribution is -2.38. The lowest BCUT2D eigenvalue weighted by atomic mass is 9.83. The Morgan fingerprint density at radius 3 is 2.65 bits per heavy atom. The van der Waals surface area contributed by atoms with Gasteiger partial charge >= 0.3 is 0 Å². The van der Waals surface area contributed by atoms with Crippen LogP contribution >= 0.6 is 11.6 Å². The molecule has 0 aliphatic carbocycles. The van der Waals surface area contributed by atoms with E-state index in [4.69, 9.17) is 11.6 Å². The number of aliphatic hydroxyl groups excluding tert-OH is 1. The monoisotopic (exact) mass is 296 g/mol. The largest absolute Gasteiger partial charge is 0.396 e. The first-order valence-corrected chi connectivity index (χ1v) is 7.11. The van der Waals surface area contributed by atoms with E-state index in [9.17, 15) is 9.90 Å². The molecule has 1 heterocycles. The summed E-state index contributed by atoms with van der Waals surface area (Å²) in [5.41, 5.74) is 0.578. The molecule has 110 valence electrons. The van der Waals surface area contributed by atoms with Crippen molar-refractivity contribution in [2.45, 2.75) is 26.7 Å². The maximum Gasteiger partial charge on any atom is 0.244 e. The van der Waals surface area contributed by atoms with Crippen LogP contribution in [0.15, 0.2) is 24.4 Å². The van der Waals surface area contributed by atoms with Crippen molar-refractivity contribution >= 4 is 23.6 Å². The summed E-state index contributed by atoms with van der Waals surface area (Å²) in [4.78, 5) is 15.7. The van der Waals surface area contributed by atoms with Gasteiger partial charge in [-0.25, -0.2) is 4.98 Å². The van der Waals surface area contributed by atoms with E-state index < -0.39 is 0 Å². The molecule has 0 fully saturated rings. The maximum absolute atomic E-state index is 11.8. The van der Waals surface area contributed by atoms with E-state index in [1.165, 1.54) is 6.08 Å². The van der Waals surface area contributed by atoms with E-state index in [2.05, 4.69) is 10.3 Å². The molecule has 0 bridgehead atoms. The highest BCUT2D eigenvalue weighted by atomic mass is 35.5. The molecule has 5 heteroatoms. The second kappa shape index (κ2) is 8.02. The quantitative estimate of drug-likeness (QED) is 0.601. The Balaban J connectivity index is 2.53. The molecule has 0 unspecified atom stereocenters. The van der Waals surface area contributed by atoms with Gasteiger partial charge in [-0.15, -0.1) is 0 Å². The number of rotatable bonds is 7. The van der Waals surface area contributed by atoms with Crippen molar-refractivity contribution in [3.8, 4) is 0 Å². The topological polar surface area (TPSA) is 62.2 Å². The molecule has 1 aromatic heterocycles. The number of hydrogen-bond acceptors (Lipinski definition) is 3. The van der Waals surface area contributed by atoms with Crippen molar-refractivity contribution in [2.24, 2.45) is 5.41 Å². The third kappa shape index (κ3) is 4.94. The number of nitrogens with zero attached hydrogens (tertiary/aromatic N) is 1. The Hall–Kier alpha value is -1.39. The second-order valence-electron chi connectivity index (χ2n) is 4.83. The molecule has 2 N–H and O–H groups in total. The van der Waals surface area contributed by atoms with E-state index in [-0.39, 0.29) is 17.9 Å². The average molecular weight is 297 g/mol. The van der Waals surface area contributed by atoms with Crippen LogP contribution in [0.4, 0.5) is 0 Å². The number of aliphatic hydroxyl groups is 1. The van der Waals surface area contributed by atoms with Gasteiger partial charge in [0.15, 0.2) is 0 Å². The summed E-state index contributed by atoms with van der Waals surface area (Å²) in [7, 11) is 0. The molecular weight excluding hydrogens is 276 g/mol. The average Bonchev–Trinajstić information content (AvgIpc) is 2.48. The number of halogens is 1. The first kappa shape index (κ1) is 16.7. The summed E-state index contributed by atoms with van der Waals surface area (Å²) < 4.78 is 0. The zero-order valence-electron chi connectivity index (χ0n) is 11.9. The van der Waals surface area contributed by atoms with Gasteiger partial charge in [-0.1, -0.05) is 31.5 Å². The lowest BCUT2D eigenvalue weighted by Gasteiger charge is -2.29. The second-order valence-corrected chi connectivity index (χ2v) is 5.22. The van der Waals surface area contributed by atoms with Gasteiger partial charge in [-0.2, -0.15) is 0 Å². The first-order chi connectivity index (χ1) is 9.55. The minimum absolute atomic E-state index is 0.0745. The summed E-state index contributed by atoms with van der Waals surface area (Å²) >= 11 is 5.68. The highest BCUT2D eigenvalue weighted by Gasteiger charge is 2.25. The fourth-order valence-electron chi connectivity index (χ4n) is 1.77. The highest BCUT2D eigenvalue weighted by Crippen LogP contribution is 2.24. The Morgan fingerprint density at radius 2 is 2.15 bits per heavy atom. The molecule has 1 aromatic rings. The van der Waals surface area contributed by atoms with Crippen LogP contribution in [0.1, 0.15) is 32.3 Å². The summed E-state index contributed by atoms with van der Waals surface area (Å²) in [6.07, 6.45) is 6.38. The van der Waals surface area contributed by atoms with Gasteiger partial charge in [-0.3, -0.25) is 4.79 Å². The van der Waals surface area contributed by atoms with Gasteiger partial charge in [0, 0.05) is 24.2 Å². The van der Waals surface area contributed by atoms with Crippen LogP contribution < -0.4 is 5.32 Å². The van der Waals surface area contributed by atoms with Crippen molar-refractivity contribution in [1.82, 2.24) is 10.3 Å². The zero-order chi connectivity index (χ0) is 15.0. The summed E-state index contributed by atoms with van der Waals surface area (Å²) in [6.45, 7) is 4.58. The smallest absolute Gasteiger partial charge is 0.244 e. The molecule has 1 amide bonds. The Morgan fingerprint density at radius 1 is 1.45 bits per heavy atom. The van der Waals surface area contributed by atoms with Gasteiger partial charge in [0.25, 0.3) is 0 Å². The molecule has 0 atom stereocenters. The first-order valence-electron chi connectivity index (χ1n) is 6.73. The predicted molar refractivity (Wildman–Crippen MR) is 81.4 cm³/mol. The van der Waals surface area contributed by atoms with Crippen LogP contribution in [-0.4, -0.2) is 29.1 Å². The Labute approximate surface area is 124 Å². The number of carbonyl (C=O) groups excluding carboxylic acids is 1. The van der Waals surface area contributed by atoms with Crippen molar-refractivity contribution in [1.29, 1.82) is 0 Å². The fraction of sp³-hybridized carbons (Fsp3) is 0.467. The number of pyridine rings is 1. The van der Waals surface area contributed by atoms with Crippen LogP contribution in [0.5, 0.6) is 0 Å². The standard InChI is InChI=1S/C15H21ClN2O2/c1-3-15(4-2,11-19)10-18-14(20)8-6-12-5-7-13(16)17-9-12/h5-9,19H,3-4,10-11H2,1-2H3,(H,18,20)/b8-6+. The molecular formula is C15H21ClN2O2. The van der Waals surface area contributed by atoms with E-state index >= 15 is 0 Å². The van der Waals surface area contributed by atoms with Crippen LogP contribution in [-0.2, 0) is 4.79 Å². The normalized spacial score (nSPS) is 11.8. The zero-order valence-corrected chi connectivity index (χ0v) is 12.7. The fourth-order valence-corrected chi connectivity index (χ4v) is 1.88. The Bertz CT molecular complexity index is 445. The molecule has 0 aliphatic rings. The lowest BCUT2D eigenvalue weighted by molar-refractivity contribution is -0.117. The molecule has 4 nitrogen and oxygen atoms in total. The van der Waals surface area contributed by atoms with Crippen molar-refractivity contribution in [2.75, 3.05) is 13.2 Å². The highest BCUT2D eigenvalue weighted by molar-refractivity contribution is 6.29. The van der Waals surface area contributed by atoms with Crippen LogP contribution in [0.3, 0.4) is 0 Å². The van der Waals surface area contributed by atoms with E-state index in [1.54, 1.807) is 24.4 Å². The van der Waals surface area contributed by atoms with Crippen LogP contribution in [0.25, 0.3) is 6.08 Å².